The standard InChI is InChI=1S/C24H23NO2S/c26-24(27)10-3-4-13-25-16-20-15-22-21(8-5-9-23(22)28-20)19-12-11-17-6-1-2-7-18(17)14-19/h1-2,5-9,11-12,14-15,25H,3-4,10,13,16H2,(H,26,27). The van der Waals surface area contributed by atoms with Crippen LogP contribution in [-0.4, -0.2) is 17.6 Å². The van der Waals surface area contributed by atoms with Crippen LogP contribution in [0, 0.1) is 0 Å². The van der Waals surface area contributed by atoms with Gasteiger partial charge in [0, 0.05) is 27.9 Å². The summed E-state index contributed by atoms with van der Waals surface area (Å²) in [6.45, 7) is 1.67. The van der Waals surface area contributed by atoms with Gasteiger partial charge in [0.05, 0.1) is 0 Å². The summed E-state index contributed by atoms with van der Waals surface area (Å²) in [5.74, 6) is -0.717. The molecule has 0 aliphatic carbocycles. The molecule has 3 nitrogen and oxygen atoms in total. The van der Waals surface area contributed by atoms with Crippen molar-refractivity contribution in [2.24, 2.45) is 0 Å². The summed E-state index contributed by atoms with van der Waals surface area (Å²) in [5, 5.41) is 15.9. The maximum absolute atomic E-state index is 10.6. The van der Waals surface area contributed by atoms with Crippen LogP contribution in [0.25, 0.3) is 32.0 Å². The van der Waals surface area contributed by atoms with E-state index < -0.39 is 5.97 Å². The largest absolute Gasteiger partial charge is 0.481 e. The average Bonchev–Trinajstić information content (AvgIpc) is 3.13. The van der Waals surface area contributed by atoms with Crippen molar-refractivity contribution in [3.05, 3.63) is 71.6 Å². The summed E-state index contributed by atoms with van der Waals surface area (Å²) in [4.78, 5) is 11.9. The zero-order chi connectivity index (χ0) is 19.3. The number of hydrogen-bond acceptors (Lipinski definition) is 3. The summed E-state index contributed by atoms with van der Waals surface area (Å²) < 4.78 is 1.30. The second-order valence-corrected chi connectivity index (χ2v) is 8.19. The minimum Gasteiger partial charge on any atom is -0.481 e. The molecular formula is C24H23NO2S. The predicted molar refractivity (Wildman–Crippen MR) is 118 cm³/mol. The Bertz CT molecular complexity index is 1120. The van der Waals surface area contributed by atoms with E-state index >= 15 is 0 Å². The van der Waals surface area contributed by atoms with Gasteiger partial charge in [-0.3, -0.25) is 4.79 Å². The Kier molecular flexibility index (Phi) is 5.70. The third-order valence-electron chi connectivity index (χ3n) is 4.97. The van der Waals surface area contributed by atoms with Crippen LogP contribution in [0.2, 0.25) is 0 Å². The lowest BCUT2D eigenvalue weighted by molar-refractivity contribution is -0.137. The first-order valence-electron chi connectivity index (χ1n) is 9.64. The Labute approximate surface area is 168 Å². The highest BCUT2D eigenvalue weighted by molar-refractivity contribution is 7.19. The molecule has 0 saturated heterocycles. The maximum Gasteiger partial charge on any atom is 0.303 e. The van der Waals surface area contributed by atoms with Crippen LogP contribution in [0.3, 0.4) is 0 Å². The topological polar surface area (TPSA) is 49.3 Å². The van der Waals surface area contributed by atoms with Crippen molar-refractivity contribution in [1.82, 2.24) is 5.32 Å². The molecule has 0 fully saturated rings. The fourth-order valence-corrected chi connectivity index (χ4v) is 4.61. The molecule has 0 aliphatic rings. The fraction of sp³-hybridized carbons (Fsp3) is 0.208. The highest BCUT2D eigenvalue weighted by Gasteiger charge is 2.08. The van der Waals surface area contributed by atoms with E-state index in [-0.39, 0.29) is 6.42 Å². The molecule has 1 heterocycles. The van der Waals surface area contributed by atoms with Gasteiger partial charge in [-0.15, -0.1) is 11.3 Å². The molecule has 0 unspecified atom stereocenters. The molecule has 0 bridgehead atoms. The molecule has 28 heavy (non-hydrogen) atoms. The monoisotopic (exact) mass is 389 g/mol. The van der Waals surface area contributed by atoms with Crippen molar-refractivity contribution < 1.29 is 9.90 Å². The number of carbonyl (C=O) groups is 1. The third-order valence-corrected chi connectivity index (χ3v) is 6.07. The van der Waals surface area contributed by atoms with E-state index in [2.05, 4.69) is 72.0 Å². The molecule has 0 atom stereocenters. The summed E-state index contributed by atoms with van der Waals surface area (Å²) in [5.41, 5.74) is 2.52. The van der Waals surface area contributed by atoms with E-state index in [9.17, 15) is 4.79 Å². The van der Waals surface area contributed by atoms with Crippen LogP contribution in [0.1, 0.15) is 24.1 Å². The van der Waals surface area contributed by atoms with Gasteiger partial charge in [-0.2, -0.15) is 0 Å². The Morgan fingerprint density at radius 3 is 2.64 bits per heavy atom. The van der Waals surface area contributed by atoms with Crippen molar-refractivity contribution >= 4 is 38.2 Å². The number of fused-ring (bicyclic) bond motifs is 2. The molecule has 4 aromatic rings. The van der Waals surface area contributed by atoms with Crippen LogP contribution in [-0.2, 0) is 11.3 Å². The Hall–Kier alpha value is -2.69. The second-order valence-electron chi connectivity index (χ2n) is 7.02. The smallest absolute Gasteiger partial charge is 0.303 e. The van der Waals surface area contributed by atoms with E-state index in [0.29, 0.717) is 0 Å². The molecule has 0 saturated carbocycles. The van der Waals surface area contributed by atoms with Gasteiger partial charge in [0.1, 0.15) is 0 Å². The lowest BCUT2D eigenvalue weighted by Gasteiger charge is -2.06. The molecule has 142 valence electrons. The van der Waals surface area contributed by atoms with E-state index in [1.807, 2.05) is 11.3 Å². The van der Waals surface area contributed by atoms with E-state index in [1.54, 1.807) is 0 Å². The first-order chi connectivity index (χ1) is 13.7. The zero-order valence-electron chi connectivity index (χ0n) is 15.7. The van der Waals surface area contributed by atoms with Gasteiger partial charge >= 0.3 is 5.97 Å². The minimum absolute atomic E-state index is 0.250. The van der Waals surface area contributed by atoms with Crippen molar-refractivity contribution in [1.29, 1.82) is 0 Å². The number of nitrogens with one attached hydrogen (secondary N) is 1. The molecule has 4 rings (SSSR count). The van der Waals surface area contributed by atoms with Crippen LogP contribution < -0.4 is 5.32 Å². The number of aliphatic carboxylic acids is 1. The number of rotatable bonds is 8. The van der Waals surface area contributed by atoms with E-state index in [1.165, 1.54) is 36.9 Å². The summed E-state index contributed by atoms with van der Waals surface area (Å²) in [7, 11) is 0. The van der Waals surface area contributed by atoms with Crippen LogP contribution >= 0.6 is 11.3 Å². The summed E-state index contributed by atoms with van der Waals surface area (Å²) >= 11 is 1.82. The second kappa shape index (κ2) is 8.55. The molecule has 2 N–H and O–H groups in total. The molecule has 0 spiro atoms. The van der Waals surface area contributed by atoms with Crippen molar-refractivity contribution in [2.45, 2.75) is 25.8 Å². The van der Waals surface area contributed by atoms with Gasteiger partial charge in [0.25, 0.3) is 0 Å². The van der Waals surface area contributed by atoms with E-state index in [4.69, 9.17) is 5.11 Å². The molecule has 0 radical (unpaired) electrons. The normalized spacial score (nSPS) is 11.3. The molecule has 0 amide bonds. The van der Waals surface area contributed by atoms with Gasteiger partial charge in [-0.25, -0.2) is 0 Å². The number of thiophene rings is 1. The number of unbranched alkanes of at least 4 members (excludes halogenated alkanes) is 1. The van der Waals surface area contributed by atoms with Crippen molar-refractivity contribution in [2.75, 3.05) is 6.54 Å². The van der Waals surface area contributed by atoms with Crippen LogP contribution in [0.15, 0.2) is 66.7 Å². The lowest BCUT2D eigenvalue weighted by atomic mass is 9.99. The van der Waals surface area contributed by atoms with Gasteiger partial charge in [0.15, 0.2) is 0 Å². The zero-order valence-corrected chi connectivity index (χ0v) is 16.5. The summed E-state index contributed by atoms with van der Waals surface area (Å²) in [6, 6.07) is 23.9. The Balaban J connectivity index is 1.51. The SMILES string of the molecule is O=C(O)CCCCNCc1cc2c(-c3ccc4ccccc4c3)cccc2s1. The Morgan fingerprint density at radius 2 is 1.79 bits per heavy atom. The van der Waals surface area contributed by atoms with Crippen LogP contribution in [0.4, 0.5) is 0 Å². The highest BCUT2D eigenvalue weighted by Crippen LogP contribution is 2.35. The quantitative estimate of drug-likeness (QED) is 0.360. The fourth-order valence-electron chi connectivity index (χ4n) is 3.55. The summed E-state index contributed by atoms with van der Waals surface area (Å²) in [6.07, 6.45) is 1.86. The average molecular weight is 390 g/mol. The van der Waals surface area contributed by atoms with Crippen LogP contribution in [0.5, 0.6) is 0 Å². The third kappa shape index (κ3) is 4.24. The van der Waals surface area contributed by atoms with Crippen molar-refractivity contribution in [3.63, 3.8) is 0 Å². The maximum atomic E-state index is 10.6. The minimum atomic E-state index is -0.717. The Morgan fingerprint density at radius 1 is 0.929 bits per heavy atom. The van der Waals surface area contributed by atoms with Crippen molar-refractivity contribution in [3.8, 4) is 11.1 Å². The lowest BCUT2D eigenvalue weighted by Crippen LogP contribution is -2.14. The molecular weight excluding hydrogens is 366 g/mol. The van der Waals surface area contributed by atoms with Gasteiger partial charge in [0.2, 0.25) is 0 Å². The van der Waals surface area contributed by atoms with Gasteiger partial charge in [-0.1, -0.05) is 48.5 Å². The number of hydrogen-bond donors (Lipinski definition) is 2. The first kappa shape index (κ1) is 18.7. The number of carboxylic acids is 1. The van der Waals surface area contributed by atoms with E-state index in [0.717, 1.165) is 25.9 Å². The molecule has 3 aromatic carbocycles. The van der Waals surface area contributed by atoms with Gasteiger partial charge in [-0.05, 0) is 59.5 Å². The molecule has 4 heteroatoms. The first-order valence-corrected chi connectivity index (χ1v) is 10.5. The molecule has 1 aromatic heterocycles. The number of carboxylic acid groups (broad SMARTS) is 1. The number of benzene rings is 3. The van der Waals surface area contributed by atoms with Gasteiger partial charge < -0.3 is 10.4 Å². The highest BCUT2D eigenvalue weighted by atomic mass is 32.1. The molecule has 0 aliphatic heterocycles. The predicted octanol–water partition coefficient (Wildman–Crippen LogP) is 6.07.